The van der Waals surface area contributed by atoms with Crippen LogP contribution in [0.1, 0.15) is 24.5 Å². The fourth-order valence-corrected chi connectivity index (χ4v) is 2.88. The molecule has 3 rings (SSSR count). The number of hydrogen-bond acceptors (Lipinski definition) is 8. The number of amides is 4. The second kappa shape index (κ2) is 7.92. The van der Waals surface area contributed by atoms with E-state index in [0.29, 0.717) is 4.90 Å². The Kier molecular flexibility index (Phi) is 5.39. The topological polar surface area (TPSA) is 148 Å². The van der Waals surface area contributed by atoms with Gasteiger partial charge in [0.25, 0.3) is 23.6 Å². The van der Waals surface area contributed by atoms with Crippen molar-refractivity contribution in [2.75, 3.05) is 0 Å². The molecule has 0 saturated carbocycles. The minimum Gasteiger partial charge on any atom is -0.480 e. The van der Waals surface area contributed by atoms with Crippen LogP contribution >= 0.6 is 0 Å². The molecular weight excluding hydrogens is 388 g/mol. The molecule has 1 fully saturated rings. The fourth-order valence-electron chi connectivity index (χ4n) is 2.88. The van der Waals surface area contributed by atoms with Crippen molar-refractivity contribution in [1.82, 2.24) is 9.96 Å². The molecule has 2 heterocycles. The van der Waals surface area contributed by atoms with Crippen molar-refractivity contribution in [3.63, 3.8) is 0 Å². The van der Waals surface area contributed by atoms with E-state index in [1.54, 1.807) is 6.07 Å². The number of hydrogen-bond donors (Lipinski definition) is 1. The Labute approximate surface area is 163 Å². The van der Waals surface area contributed by atoms with Gasteiger partial charge in [0, 0.05) is 25.0 Å². The summed E-state index contributed by atoms with van der Waals surface area (Å²) in [6.07, 6.45) is -1.72. The third kappa shape index (κ3) is 3.98. The summed E-state index contributed by atoms with van der Waals surface area (Å²) in [4.78, 5) is 76.3. The summed E-state index contributed by atoms with van der Waals surface area (Å²) in [6.45, 7) is 0. The number of benzene rings is 1. The summed E-state index contributed by atoms with van der Waals surface area (Å²) in [5.74, 6) is -4.93. The molecule has 2 atom stereocenters. The van der Waals surface area contributed by atoms with Crippen molar-refractivity contribution >= 4 is 35.8 Å². The highest BCUT2D eigenvalue weighted by atomic mass is 16.8. The van der Waals surface area contributed by atoms with E-state index in [0.717, 1.165) is 12.2 Å². The van der Waals surface area contributed by atoms with Gasteiger partial charge in [0.05, 0.1) is 0 Å². The van der Waals surface area contributed by atoms with Crippen LogP contribution in [0, 0.1) is 0 Å². The SMILES string of the molecule is O=C(OC(c1ccccc1)C(C(=O)O)N1C(=O)C=CC1=O)ON1C(=O)CCC1=O. The van der Waals surface area contributed by atoms with Gasteiger partial charge in [0.1, 0.15) is 0 Å². The quantitative estimate of drug-likeness (QED) is 0.525. The first-order valence-electron chi connectivity index (χ1n) is 8.37. The van der Waals surface area contributed by atoms with Gasteiger partial charge < -0.3 is 9.84 Å². The molecule has 0 radical (unpaired) electrons. The van der Waals surface area contributed by atoms with Crippen LogP contribution in [0.2, 0.25) is 0 Å². The zero-order valence-electron chi connectivity index (χ0n) is 14.7. The zero-order chi connectivity index (χ0) is 21.1. The van der Waals surface area contributed by atoms with Gasteiger partial charge in [-0.1, -0.05) is 35.4 Å². The van der Waals surface area contributed by atoms with E-state index in [9.17, 15) is 33.9 Å². The normalized spacial score (nSPS) is 18.2. The Bertz CT molecular complexity index is 891. The third-order valence-corrected chi connectivity index (χ3v) is 4.18. The van der Waals surface area contributed by atoms with Gasteiger partial charge in [-0.25, -0.2) is 9.59 Å². The maximum Gasteiger partial charge on any atom is 0.534 e. The van der Waals surface area contributed by atoms with E-state index < -0.39 is 47.9 Å². The fraction of sp³-hybridized carbons (Fsp3) is 0.222. The molecule has 2 unspecified atom stereocenters. The molecular formula is C18H14N2O9. The van der Waals surface area contributed by atoms with E-state index in [1.807, 2.05) is 0 Å². The van der Waals surface area contributed by atoms with Gasteiger partial charge in [0.2, 0.25) is 0 Å². The first-order valence-corrected chi connectivity index (χ1v) is 8.37. The number of aliphatic carboxylic acids is 1. The molecule has 0 bridgehead atoms. The van der Waals surface area contributed by atoms with Gasteiger partial charge in [-0.2, -0.15) is 0 Å². The number of carbonyl (C=O) groups is 6. The molecule has 0 aliphatic carbocycles. The molecule has 1 saturated heterocycles. The van der Waals surface area contributed by atoms with Crippen LogP contribution in [0.4, 0.5) is 4.79 Å². The molecule has 2 aliphatic rings. The standard InChI is InChI=1S/C18H14N2O9/c21-11-6-7-12(22)19(11)15(17(25)26)16(10-4-2-1-3-5-10)28-18(27)29-20-13(23)8-9-14(20)24/h1-7,15-16H,8-9H2,(H,25,26). The Hall–Kier alpha value is -4.02. The Morgan fingerprint density at radius 2 is 1.48 bits per heavy atom. The molecule has 2 aliphatic heterocycles. The lowest BCUT2D eigenvalue weighted by molar-refractivity contribution is -0.181. The number of carbonyl (C=O) groups excluding carboxylic acids is 5. The van der Waals surface area contributed by atoms with Crippen molar-refractivity contribution in [3.8, 4) is 0 Å². The highest BCUT2D eigenvalue weighted by Crippen LogP contribution is 2.28. The van der Waals surface area contributed by atoms with Crippen LogP contribution in [0.15, 0.2) is 42.5 Å². The van der Waals surface area contributed by atoms with E-state index >= 15 is 0 Å². The molecule has 150 valence electrons. The van der Waals surface area contributed by atoms with Crippen LogP contribution in [0.5, 0.6) is 0 Å². The molecule has 1 aromatic carbocycles. The van der Waals surface area contributed by atoms with Gasteiger partial charge in [-0.05, 0) is 5.56 Å². The lowest BCUT2D eigenvalue weighted by Gasteiger charge is -2.29. The van der Waals surface area contributed by atoms with E-state index in [2.05, 4.69) is 4.84 Å². The maximum atomic E-state index is 12.2. The number of carboxylic acid groups (broad SMARTS) is 1. The number of hydroxylamine groups is 2. The predicted octanol–water partition coefficient (Wildman–Crippen LogP) is 0.323. The molecule has 11 nitrogen and oxygen atoms in total. The number of imide groups is 2. The number of ether oxygens (including phenoxy) is 1. The predicted molar refractivity (Wildman–Crippen MR) is 90.3 cm³/mol. The van der Waals surface area contributed by atoms with Crippen molar-refractivity contribution in [3.05, 3.63) is 48.0 Å². The lowest BCUT2D eigenvalue weighted by Crippen LogP contribution is -2.49. The number of carboxylic acids is 1. The summed E-state index contributed by atoms with van der Waals surface area (Å²) < 4.78 is 5.07. The summed E-state index contributed by atoms with van der Waals surface area (Å²) >= 11 is 0. The summed E-state index contributed by atoms with van der Waals surface area (Å²) in [6, 6.07) is 5.58. The van der Waals surface area contributed by atoms with Gasteiger partial charge in [-0.15, -0.1) is 0 Å². The van der Waals surface area contributed by atoms with E-state index in [4.69, 9.17) is 4.74 Å². The zero-order valence-corrected chi connectivity index (χ0v) is 14.7. The molecule has 4 amide bonds. The molecule has 11 heteroatoms. The first-order chi connectivity index (χ1) is 13.8. The van der Waals surface area contributed by atoms with Crippen molar-refractivity contribution < 1.29 is 43.4 Å². The van der Waals surface area contributed by atoms with Crippen LogP contribution in [0.3, 0.4) is 0 Å². The summed E-state index contributed by atoms with van der Waals surface area (Å²) in [5.41, 5.74) is 0.142. The molecule has 29 heavy (non-hydrogen) atoms. The summed E-state index contributed by atoms with van der Waals surface area (Å²) in [7, 11) is 0. The van der Waals surface area contributed by atoms with Gasteiger partial charge >= 0.3 is 12.1 Å². The Morgan fingerprint density at radius 1 is 0.931 bits per heavy atom. The molecule has 1 aromatic rings. The largest absolute Gasteiger partial charge is 0.534 e. The van der Waals surface area contributed by atoms with Crippen molar-refractivity contribution in [2.45, 2.75) is 25.0 Å². The average molecular weight is 402 g/mol. The van der Waals surface area contributed by atoms with Crippen molar-refractivity contribution in [1.29, 1.82) is 0 Å². The smallest absolute Gasteiger partial charge is 0.480 e. The Morgan fingerprint density at radius 3 is 2.00 bits per heavy atom. The van der Waals surface area contributed by atoms with E-state index in [1.165, 1.54) is 24.3 Å². The van der Waals surface area contributed by atoms with Crippen LogP contribution < -0.4 is 0 Å². The van der Waals surface area contributed by atoms with Gasteiger partial charge in [-0.3, -0.25) is 28.9 Å². The number of nitrogens with zero attached hydrogens (tertiary/aromatic N) is 2. The van der Waals surface area contributed by atoms with Gasteiger partial charge in [0.15, 0.2) is 12.1 Å². The lowest BCUT2D eigenvalue weighted by atomic mass is 10.0. The third-order valence-electron chi connectivity index (χ3n) is 4.18. The monoisotopic (exact) mass is 402 g/mol. The first kappa shape index (κ1) is 19.7. The van der Waals surface area contributed by atoms with Crippen LogP contribution in [-0.2, 0) is 33.5 Å². The highest BCUT2D eigenvalue weighted by molar-refractivity contribution is 6.14. The minimum absolute atomic E-state index is 0.142. The minimum atomic E-state index is -1.91. The maximum absolute atomic E-state index is 12.2. The number of rotatable bonds is 6. The molecule has 0 aromatic heterocycles. The average Bonchev–Trinajstić information content (AvgIpc) is 3.18. The summed E-state index contributed by atoms with van der Waals surface area (Å²) in [5, 5.41) is 9.89. The molecule has 1 N–H and O–H groups in total. The Balaban J connectivity index is 1.90. The van der Waals surface area contributed by atoms with Crippen LogP contribution in [0.25, 0.3) is 0 Å². The van der Waals surface area contributed by atoms with Crippen LogP contribution in [-0.4, -0.2) is 56.9 Å². The second-order valence-electron chi connectivity index (χ2n) is 6.04. The van der Waals surface area contributed by atoms with E-state index in [-0.39, 0.29) is 23.5 Å². The van der Waals surface area contributed by atoms with Crippen molar-refractivity contribution in [2.24, 2.45) is 0 Å². The second-order valence-corrected chi connectivity index (χ2v) is 6.04. The molecule has 0 spiro atoms. The highest BCUT2D eigenvalue weighted by Gasteiger charge is 2.45.